The second-order valence-electron chi connectivity index (χ2n) is 6.28. The number of hydrogen-bond donors (Lipinski definition) is 3. The molecule has 3 N–H and O–H groups in total. The summed E-state index contributed by atoms with van der Waals surface area (Å²) in [5.41, 5.74) is -0.139. The van der Waals surface area contributed by atoms with E-state index in [1.165, 1.54) is 12.1 Å². The molecule has 1 atom stereocenters. The predicted octanol–water partition coefficient (Wildman–Crippen LogP) is 3.47. The lowest BCUT2D eigenvalue weighted by Gasteiger charge is -2.22. The van der Waals surface area contributed by atoms with Gasteiger partial charge in [-0.2, -0.15) is 18.4 Å². The van der Waals surface area contributed by atoms with Crippen molar-refractivity contribution in [2.75, 3.05) is 11.9 Å². The highest BCUT2D eigenvalue weighted by molar-refractivity contribution is 5.94. The molecule has 0 aliphatic carbocycles. The molecule has 0 fully saturated rings. The van der Waals surface area contributed by atoms with E-state index in [2.05, 4.69) is 10.6 Å². The molecule has 158 valence electrons. The third-order valence-corrected chi connectivity index (χ3v) is 4.15. The number of phenolic OH excluding ortho intramolecular Hbond substituents is 1. The summed E-state index contributed by atoms with van der Waals surface area (Å²) in [6, 6.07) is 7.86. The number of hydrogen-bond acceptors (Lipinski definition) is 4. The van der Waals surface area contributed by atoms with Crippen molar-refractivity contribution in [3.63, 3.8) is 0 Å². The van der Waals surface area contributed by atoms with Crippen LogP contribution in [0.15, 0.2) is 48.5 Å². The highest BCUT2D eigenvalue weighted by Crippen LogP contribution is 2.29. The van der Waals surface area contributed by atoms with E-state index in [4.69, 9.17) is 5.26 Å². The van der Waals surface area contributed by atoms with E-state index < -0.39 is 29.7 Å². The Kier molecular flexibility index (Phi) is 7.25. The van der Waals surface area contributed by atoms with Crippen molar-refractivity contribution in [3.05, 3.63) is 59.7 Å². The fourth-order valence-electron chi connectivity index (χ4n) is 2.60. The maximum absolute atomic E-state index is 12.6. The van der Waals surface area contributed by atoms with Gasteiger partial charge in [0.25, 0.3) is 5.91 Å². The van der Waals surface area contributed by atoms with Crippen molar-refractivity contribution in [3.8, 4) is 11.9 Å². The molecule has 0 saturated heterocycles. The van der Waals surface area contributed by atoms with Crippen LogP contribution in [0, 0.1) is 11.5 Å². The third kappa shape index (κ3) is 6.13. The Hall–Kier alpha value is -3.74. The lowest BCUT2D eigenvalue weighted by molar-refractivity contribution is -0.137. The van der Waals surface area contributed by atoms with Gasteiger partial charge in [0.2, 0.25) is 0 Å². The van der Waals surface area contributed by atoms with E-state index >= 15 is 0 Å². The summed E-state index contributed by atoms with van der Waals surface area (Å²) < 4.78 is 37.9. The second kappa shape index (κ2) is 9.65. The number of benzene rings is 2. The van der Waals surface area contributed by atoms with Gasteiger partial charge in [-0.15, -0.1) is 0 Å². The number of carbonyl (C=O) groups is 2. The maximum atomic E-state index is 12.6. The van der Waals surface area contributed by atoms with Crippen LogP contribution in [0.3, 0.4) is 0 Å². The van der Waals surface area contributed by atoms with Crippen LogP contribution in [-0.4, -0.2) is 34.5 Å². The molecule has 2 rings (SSSR count). The van der Waals surface area contributed by atoms with Crippen LogP contribution < -0.4 is 10.6 Å². The van der Waals surface area contributed by atoms with E-state index in [0.717, 1.165) is 29.2 Å². The number of halogens is 3. The first-order valence-corrected chi connectivity index (χ1v) is 8.87. The van der Waals surface area contributed by atoms with Crippen LogP contribution >= 0.6 is 0 Å². The normalized spacial score (nSPS) is 11.8. The van der Waals surface area contributed by atoms with Crippen LogP contribution in [0.1, 0.15) is 18.1 Å². The number of carbonyl (C=O) groups excluding carboxylic acids is 2. The van der Waals surface area contributed by atoms with Gasteiger partial charge in [-0.25, -0.2) is 9.69 Å². The Morgan fingerprint density at radius 3 is 2.23 bits per heavy atom. The fourth-order valence-corrected chi connectivity index (χ4v) is 2.60. The molecule has 0 spiro atoms. The zero-order valence-electron chi connectivity index (χ0n) is 15.9. The maximum Gasteiger partial charge on any atom is 0.416 e. The smallest absolute Gasteiger partial charge is 0.416 e. The second-order valence-corrected chi connectivity index (χ2v) is 6.28. The molecule has 3 amide bonds. The Labute approximate surface area is 170 Å². The third-order valence-electron chi connectivity index (χ3n) is 4.15. The van der Waals surface area contributed by atoms with Crippen molar-refractivity contribution in [1.82, 2.24) is 10.2 Å². The molecule has 0 saturated carbocycles. The van der Waals surface area contributed by atoms with Crippen LogP contribution in [-0.2, 0) is 17.4 Å². The number of nitriles is 1. The molecule has 0 radical (unpaired) electrons. The topological polar surface area (TPSA) is 105 Å². The minimum atomic E-state index is -4.50. The molecule has 30 heavy (non-hydrogen) atoms. The Morgan fingerprint density at radius 2 is 1.73 bits per heavy atom. The molecule has 10 heteroatoms. The molecule has 2 aromatic rings. The van der Waals surface area contributed by atoms with Crippen molar-refractivity contribution in [2.45, 2.75) is 25.6 Å². The van der Waals surface area contributed by atoms with E-state index in [1.807, 2.05) is 0 Å². The number of nitrogens with one attached hydrogen (secondary N) is 2. The molecule has 0 aliphatic heterocycles. The molecule has 0 aliphatic rings. The summed E-state index contributed by atoms with van der Waals surface area (Å²) in [5.74, 6) is -0.613. The first kappa shape index (κ1) is 22.5. The minimum Gasteiger partial charge on any atom is -0.508 e. The molecule has 0 heterocycles. The Morgan fingerprint density at radius 1 is 1.13 bits per heavy atom. The van der Waals surface area contributed by atoms with E-state index in [9.17, 15) is 27.9 Å². The van der Waals surface area contributed by atoms with Gasteiger partial charge >= 0.3 is 12.2 Å². The molecular weight excluding hydrogens is 401 g/mol. The molecule has 0 bridgehead atoms. The summed E-state index contributed by atoms with van der Waals surface area (Å²) in [6.07, 6.45) is -2.72. The van der Waals surface area contributed by atoms with Gasteiger partial charge in [0, 0.05) is 18.7 Å². The first-order chi connectivity index (χ1) is 14.1. The zero-order valence-corrected chi connectivity index (χ0v) is 15.9. The Balaban J connectivity index is 2.13. The van der Waals surface area contributed by atoms with Gasteiger partial charge in [0.15, 0.2) is 6.19 Å². The molecule has 0 aromatic heterocycles. The molecule has 7 nitrogen and oxygen atoms in total. The summed E-state index contributed by atoms with van der Waals surface area (Å²) >= 11 is 0. The van der Waals surface area contributed by atoms with Gasteiger partial charge < -0.3 is 15.7 Å². The first-order valence-electron chi connectivity index (χ1n) is 8.87. The lowest BCUT2D eigenvalue weighted by Crippen LogP contribution is -2.49. The van der Waals surface area contributed by atoms with E-state index in [0.29, 0.717) is 5.56 Å². The van der Waals surface area contributed by atoms with Crippen LogP contribution in [0.5, 0.6) is 5.75 Å². The predicted molar refractivity (Wildman–Crippen MR) is 102 cm³/mol. The monoisotopic (exact) mass is 420 g/mol. The van der Waals surface area contributed by atoms with Gasteiger partial charge in [-0.1, -0.05) is 12.1 Å². The molecule has 2 aromatic carbocycles. The van der Waals surface area contributed by atoms with Gasteiger partial charge in [-0.3, -0.25) is 4.79 Å². The number of nitrogens with zero attached hydrogens (tertiary/aromatic N) is 2. The van der Waals surface area contributed by atoms with E-state index in [1.54, 1.807) is 25.2 Å². The largest absolute Gasteiger partial charge is 0.508 e. The highest BCUT2D eigenvalue weighted by Gasteiger charge is 2.30. The van der Waals surface area contributed by atoms with Crippen molar-refractivity contribution in [2.24, 2.45) is 0 Å². The number of aromatic hydroxyl groups is 1. The number of phenols is 1. The summed E-state index contributed by atoms with van der Waals surface area (Å²) in [6.45, 7) is 1.70. The quantitative estimate of drug-likeness (QED) is 0.492. The van der Waals surface area contributed by atoms with Crippen molar-refractivity contribution in [1.29, 1.82) is 5.26 Å². The van der Waals surface area contributed by atoms with E-state index in [-0.39, 0.29) is 24.4 Å². The summed E-state index contributed by atoms with van der Waals surface area (Å²) in [4.78, 5) is 25.8. The van der Waals surface area contributed by atoms with Crippen LogP contribution in [0.2, 0.25) is 0 Å². The average Bonchev–Trinajstić information content (AvgIpc) is 2.69. The van der Waals surface area contributed by atoms with Crippen LogP contribution in [0.4, 0.5) is 23.7 Å². The van der Waals surface area contributed by atoms with Gasteiger partial charge in [0.1, 0.15) is 11.8 Å². The fraction of sp³-hybridized carbons (Fsp3) is 0.250. The number of amides is 3. The number of alkyl halides is 3. The number of urea groups is 1. The minimum absolute atomic E-state index is 0.0295. The molecular formula is C20H19F3N4O3. The van der Waals surface area contributed by atoms with Crippen LogP contribution in [0.25, 0.3) is 0 Å². The standard InChI is InChI=1S/C20H19F3N4O3/c1-2-27(12-24)18(29)17(11-13-3-9-16(28)10-4-13)26-19(30)25-15-7-5-14(6-8-15)20(21,22)23/h3-10,17,28H,2,11H2,1H3,(H2,25,26,30). The summed E-state index contributed by atoms with van der Waals surface area (Å²) in [7, 11) is 0. The average molecular weight is 420 g/mol. The van der Waals surface area contributed by atoms with Crippen molar-refractivity contribution >= 4 is 17.6 Å². The Bertz CT molecular complexity index is 922. The van der Waals surface area contributed by atoms with Gasteiger partial charge in [0.05, 0.1) is 5.56 Å². The summed E-state index contributed by atoms with van der Waals surface area (Å²) in [5, 5.41) is 23.3. The van der Waals surface area contributed by atoms with Gasteiger partial charge in [-0.05, 0) is 48.9 Å². The number of anilines is 1. The lowest BCUT2D eigenvalue weighted by atomic mass is 10.0. The number of likely N-dealkylation sites (N-methyl/N-ethyl adjacent to an activating group) is 1. The van der Waals surface area contributed by atoms with Crippen molar-refractivity contribution < 1.29 is 27.9 Å². The zero-order chi connectivity index (χ0) is 22.3. The number of rotatable bonds is 6. The molecule has 1 unspecified atom stereocenters. The SMILES string of the molecule is CCN(C#N)C(=O)C(Cc1ccc(O)cc1)NC(=O)Nc1ccc(C(F)(F)F)cc1. The highest BCUT2D eigenvalue weighted by atomic mass is 19.4.